The van der Waals surface area contributed by atoms with Crippen LogP contribution in [-0.4, -0.2) is 20.0 Å². The predicted octanol–water partition coefficient (Wildman–Crippen LogP) is 2.29. The molecule has 0 aliphatic carbocycles. The summed E-state index contributed by atoms with van der Waals surface area (Å²) >= 11 is 0. The molecule has 0 bridgehead atoms. The van der Waals surface area contributed by atoms with E-state index in [0.29, 0.717) is 11.5 Å². The molecule has 18 heavy (non-hydrogen) atoms. The zero-order chi connectivity index (χ0) is 12.7. The van der Waals surface area contributed by atoms with Crippen LogP contribution in [0.3, 0.4) is 0 Å². The molecule has 6 nitrogen and oxygen atoms in total. The first-order valence-electron chi connectivity index (χ1n) is 5.62. The normalized spacial score (nSPS) is 18.9. The Bertz CT molecular complexity index is 601. The second kappa shape index (κ2) is 3.92. The van der Waals surface area contributed by atoms with Gasteiger partial charge in [-0.05, 0) is 19.1 Å². The van der Waals surface area contributed by atoms with Crippen LogP contribution in [0.2, 0.25) is 0 Å². The van der Waals surface area contributed by atoms with Crippen molar-refractivity contribution in [1.82, 2.24) is 9.78 Å². The molecule has 1 aromatic heterocycles. The fourth-order valence-electron chi connectivity index (χ4n) is 1.88. The molecule has 0 saturated heterocycles. The van der Waals surface area contributed by atoms with Crippen molar-refractivity contribution < 1.29 is 10.2 Å². The van der Waals surface area contributed by atoms with E-state index in [1.54, 1.807) is 41.9 Å². The van der Waals surface area contributed by atoms with Crippen LogP contribution in [0.5, 0.6) is 5.75 Å². The van der Waals surface area contributed by atoms with E-state index in [9.17, 15) is 10.2 Å². The predicted molar refractivity (Wildman–Crippen MR) is 63.6 cm³/mol. The van der Waals surface area contributed by atoms with Gasteiger partial charge in [0.05, 0.1) is 11.8 Å². The molecule has 92 valence electrons. The first-order chi connectivity index (χ1) is 8.65. The van der Waals surface area contributed by atoms with Gasteiger partial charge in [-0.1, -0.05) is 12.1 Å². The van der Waals surface area contributed by atoms with Crippen LogP contribution in [0.25, 0.3) is 0 Å². The van der Waals surface area contributed by atoms with Crippen LogP contribution in [0.4, 0.5) is 5.82 Å². The third-order valence-corrected chi connectivity index (χ3v) is 2.86. The summed E-state index contributed by atoms with van der Waals surface area (Å²) < 4.78 is 1.66. The van der Waals surface area contributed by atoms with Crippen molar-refractivity contribution in [2.75, 3.05) is 0 Å². The van der Waals surface area contributed by atoms with Gasteiger partial charge in [-0.2, -0.15) is 10.2 Å². The molecule has 2 aromatic rings. The molecule has 6 heteroatoms. The molecule has 2 heterocycles. The molecule has 3 rings (SSSR count). The number of azo groups is 1. The molecule has 2 unspecified atom stereocenters. The first kappa shape index (κ1) is 10.9. The number of hydrogen-bond donors (Lipinski definition) is 2. The first-order valence-corrected chi connectivity index (χ1v) is 5.62. The van der Waals surface area contributed by atoms with Crippen molar-refractivity contribution >= 4 is 5.82 Å². The average molecular weight is 244 g/mol. The van der Waals surface area contributed by atoms with Crippen molar-refractivity contribution in [1.29, 1.82) is 0 Å². The van der Waals surface area contributed by atoms with Gasteiger partial charge in [0.15, 0.2) is 12.0 Å². The van der Waals surface area contributed by atoms with Crippen molar-refractivity contribution in [3.8, 4) is 5.75 Å². The largest absolute Gasteiger partial charge is 0.508 e. The van der Waals surface area contributed by atoms with Gasteiger partial charge < -0.3 is 10.2 Å². The van der Waals surface area contributed by atoms with E-state index in [1.165, 1.54) is 0 Å². The highest BCUT2D eigenvalue weighted by Crippen LogP contribution is 2.34. The Morgan fingerprint density at radius 1 is 1.28 bits per heavy atom. The number of nitrogens with zero attached hydrogens (tertiary/aromatic N) is 4. The molecule has 0 amide bonds. The highest BCUT2D eigenvalue weighted by molar-refractivity contribution is 5.37. The standard InChI is InChI=1S/C12H12N4O2/c1-7(17)10-6-11-13-14-12(16(11)15-10)8-2-4-9(18)5-3-8/h2-7,12,17-18H,1H3. The van der Waals surface area contributed by atoms with E-state index in [4.69, 9.17) is 0 Å². The number of benzene rings is 1. The molecular formula is C12H12N4O2. The maximum absolute atomic E-state index is 9.49. The number of aromatic nitrogens is 2. The number of phenols is 1. The molecule has 1 aliphatic heterocycles. The third kappa shape index (κ3) is 1.67. The minimum atomic E-state index is -0.626. The van der Waals surface area contributed by atoms with Crippen LogP contribution in [0.1, 0.15) is 30.5 Å². The highest BCUT2D eigenvalue weighted by Gasteiger charge is 2.24. The molecule has 0 spiro atoms. The summed E-state index contributed by atoms with van der Waals surface area (Å²) in [6.07, 6.45) is -0.952. The van der Waals surface area contributed by atoms with Gasteiger partial charge in [-0.15, -0.1) is 5.11 Å². The molecule has 0 fully saturated rings. The monoisotopic (exact) mass is 244 g/mol. The number of aliphatic hydroxyl groups excluding tert-OH is 1. The van der Waals surface area contributed by atoms with Gasteiger partial charge in [-0.25, -0.2) is 4.68 Å². The summed E-state index contributed by atoms with van der Waals surface area (Å²) in [4.78, 5) is 0. The van der Waals surface area contributed by atoms with Gasteiger partial charge in [0.1, 0.15) is 5.75 Å². The van der Waals surface area contributed by atoms with Crippen LogP contribution >= 0.6 is 0 Å². The number of aromatic hydroxyl groups is 1. The Labute approximate surface area is 103 Å². The van der Waals surface area contributed by atoms with Crippen LogP contribution in [-0.2, 0) is 0 Å². The van der Waals surface area contributed by atoms with Crippen LogP contribution in [0.15, 0.2) is 40.6 Å². The van der Waals surface area contributed by atoms with Gasteiger partial charge in [0.25, 0.3) is 0 Å². The number of phenolic OH excluding ortho intramolecular Hbond substituents is 1. The van der Waals surface area contributed by atoms with E-state index in [-0.39, 0.29) is 11.9 Å². The SMILES string of the molecule is CC(O)c1cc2n(n1)C(c1ccc(O)cc1)N=N2. The summed E-state index contributed by atoms with van der Waals surface area (Å²) in [5, 5.41) is 31.2. The van der Waals surface area contributed by atoms with E-state index >= 15 is 0 Å². The van der Waals surface area contributed by atoms with Crippen molar-refractivity contribution in [2.45, 2.75) is 19.2 Å². The molecular weight excluding hydrogens is 232 g/mol. The van der Waals surface area contributed by atoms with E-state index < -0.39 is 6.10 Å². The van der Waals surface area contributed by atoms with Crippen LogP contribution in [0, 0.1) is 0 Å². The Balaban J connectivity index is 1.99. The Hall–Kier alpha value is -2.21. The van der Waals surface area contributed by atoms with Crippen molar-refractivity contribution in [3.63, 3.8) is 0 Å². The number of hydrogen-bond acceptors (Lipinski definition) is 5. The Kier molecular flexibility index (Phi) is 2.38. The smallest absolute Gasteiger partial charge is 0.190 e. The summed E-state index contributed by atoms with van der Waals surface area (Å²) in [5.74, 6) is 0.836. The summed E-state index contributed by atoms with van der Waals surface area (Å²) in [5.41, 5.74) is 1.46. The van der Waals surface area contributed by atoms with Gasteiger partial charge in [-0.3, -0.25) is 0 Å². The Morgan fingerprint density at radius 3 is 2.67 bits per heavy atom. The fourth-order valence-corrected chi connectivity index (χ4v) is 1.88. The molecule has 2 N–H and O–H groups in total. The lowest BCUT2D eigenvalue weighted by molar-refractivity contribution is 0.193. The number of fused-ring (bicyclic) bond motifs is 1. The van der Waals surface area contributed by atoms with E-state index in [2.05, 4.69) is 15.3 Å². The van der Waals surface area contributed by atoms with E-state index in [0.717, 1.165) is 5.56 Å². The van der Waals surface area contributed by atoms with Gasteiger partial charge in [0.2, 0.25) is 0 Å². The molecule has 0 radical (unpaired) electrons. The van der Waals surface area contributed by atoms with Crippen molar-refractivity contribution in [3.05, 3.63) is 41.6 Å². The zero-order valence-corrected chi connectivity index (χ0v) is 9.72. The Morgan fingerprint density at radius 2 is 2.00 bits per heavy atom. The number of rotatable bonds is 2. The minimum absolute atomic E-state index is 0.207. The second-order valence-corrected chi connectivity index (χ2v) is 4.23. The van der Waals surface area contributed by atoms with Gasteiger partial charge in [0, 0.05) is 11.6 Å². The lowest BCUT2D eigenvalue weighted by Crippen LogP contribution is -2.07. The summed E-state index contributed by atoms with van der Waals surface area (Å²) in [6.45, 7) is 1.66. The van der Waals surface area contributed by atoms with E-state index in [1.807, 2.05) is 0 Å². The highest BCUT2D eigenvalue weighted by atomic mass is 16.3. The molecule has 0 saturated carbocycles. The maximum Gasteiger partial charge on any atom is 0.190 e. The van der Waals surface area contributed by atoms with Gasteiger partial charge >= 0.3 is 0 Å². The average Bonchev–Trinajstić information content (AvgIpc) is 2.89. The second-order valence-electron chi connectivity index (χ2n) is 4.23. The number of aliphatic hydroxyl groups is 1. The van der Waals surface area contributed by atoms with Crippen molar-refractivity contribution in [2.24, 2.45) is 10.2 Å². The molecule has 2 atom stereocenters. The topological polar surface area (TPSA) is 83.0 Å². The van der Waals surface area contributed by atoms with Crippen LogP contribution < -0.4 is 0 Å². The molecule has 1 aromatic carbocycles. The molecule has 1 aliphatic rings. The summed E-state index contributed by atoms with van der Waals surface area (Å²) in [7, 11) is 0. The quantitative estimate of drug-likeness (QED) is 0.850. The third-order valence-electron chi connectivity index (χ3n) is 2.86. The minimum Gasteiger partial charge on any atom is -0.508 e. The zero-order valence-electron chi connectivity index (χ0n) is 9.72. The lowest BCUT2D eigenvalue weighted by atomic mass is 10.2. The maximum atomic E-state index is 9.49. The summed E-state index contributed by atoms with van der Waals surface area (Å²) in [6, 6.07) is 8.47. The lowest BCUT2D eigenvalue weighted by Gasteiger charge is -2.08. The fraction of sp³-hybridized carbons (Fsp3) is 0.250.